The van der Waals surface area contributed by atoms with Gasteiger partial charge in [-0.3, -0.25) is 4.79 Å². The van der Waals surface area contributed by atoms with Gasteiger partial charge < -0.3 is 14.4 Å². The second-order valence-corrected chi connectivity index (χ2v) is 8.89. The molecular weight excluding hydrogens is 462 g/mol. The van der Waals surface area contributed by atoms with Gasteiger partial charge in [0.15, 0.2) is 6.10 Å². The molecule has 3 aromatic rings. The van der Waals surface area contributed by atoms with Crippen molar-refractivity contribution in [1.82, 2.24) is 4.90 Å². The van der Waals surface area contributed by atoms with Crippen molar-refractivity contribution in [3.63, 3.8) is 0 Å². The smallest absolute Gasteiger partial charge is 0.337 e. The highest BCUT2D eigenvalue weighted by Gasteiger charge is 2.37. The summed E-state index contributed by atoms with van der Waals surface area (Å²) in [5, 5.41) is 0.593. The van der Waals surface area contributed by atoms with Crippen LogP contribution in [0.4, 0.5) is 0 Å². The number of nitrogens with zero attached hydrogens (tertiary/aromatic N) is 1. The molecule has 0 bridgehead atoms. The molecule has 5 nitrogen and oxygen atoms in total. The predicted octanol–water partition coefficient (Wildman–Crippen LogP) is 5.91. The summed E-state index contributed by atoms with van der Waals surface area (Å²) < 4.78 is 11.4. The van der Waals surface area contributed by atoms with E-state index in [9.17, 15) is 9.59 Å². The lowest BCUT2D eigenvalue weighted by Gasteiger charge is -2.35. The minimum absolute atomic E-state index is 0.0567. The Morgan fingerprint density at radius 3 is 2.09 bits per heavy atom. The Morgan fingerprint density at radius 2 is 1.54 bits per heavy atom. The summed E-state index contributed by atoms with van der Waals surface area (Å²) in [4.78, 5) is 28.5. The zero-order chi connectivity index (χ0) is 24.8. The molecule has 180 valence electrons. The van der Waals surface area contributed by atoms with Crippen LogP contribution in [-0.2, 0) is 19.1 Å². The Hall–Kier alpha value is -3.41. The summed E-state index contributed by atoms with van der Waals surface area (Å²) in [6.45, 7) is 2.53. The number of methoxy groups -OCH3 is 1. The van der Waals surface area contributed by atoms with Crippen LogP contribution in [0.5, 0.6) is 0 Å². The summed E-state index contributed by atoms with van der Waals surface area (Å²) in [6, 6.07) is 26.6. The molecule has 0 N–H and O–H groups in total. The molecule has 6 heteroatoms. The molecule has 0 fully saturated rings. The molecule has 0 saturated carbocycles. The third-order valence-corrected chi connectivity index (χ3v) is 6.52. The lowest BCUT2D eigenvalue weighted by atomic mass is 9.83. The molecule has 4 rings (SSSR count). The van der Waals surface area contributed by atoms with Crippen molar-refractivity contribution in [2.45, 2.75) is 25.4 Å². The van der Waals surface area contributed by atoms with E-state index in [-0.39, 0.29) is 12.3 Å². The number of esters is 1. The predicted molar refractivity (Wildman–Crippen MR) is 136 cm³/mol. The fourth-order valence-electron chi connectivity index (χ4n) is 4.47. The zero-order valence-corrected chi connectivity index (χ0v) is 20.6. The summed E-state index contributed by atoms with van der Waals surface area (Å²) in [7, 11) is 1.59. The highest BCUT2D eigenvalue weighted by atomic mass is 35.5. The van der Waals surface area contributed by atoms with Crippen LogP contribution >= 0.6 is 11.6 Å². The van der Waals surface area contributed by atoms with Crippen LogP contribution in [0.3, 0.4) is 0 Å². The number of hydrogen-bond donors (Lipinski definition) is 0. The van der Waals surface area contributed by atoms with Gasteiger partial charge in [-0.25, -0.2) is 4.79 Å². The molecule has 35 heavy (non-hydrogen) atoms. The summed E-state index contributed by atoms with van der Waals surface area (Å²) in [5.41, 5.74) is 3.65. The fourth-order valence-corrected chi connectivity index (χ4v) is 4.60. The number of rotatable bonds is 8. The Bertz CT molecular complexity index is 1150. The molecule has 1 amide bonds. The van der Waals surface area contributed by atoms with Crippen LogP contribution in [0.1, 0.15) is 42.1 Å². The Balaban J connectivity index is 1.75. The Labute approximate surface area is 210 Å². The van der Waals surface area contributed by atoms with Crippen molar-refractivity contribution in [2.24, 2.45) is 0 Å². The third kappa shape index (κ3) is 5.64. The van der Waals surface area contributed by atoms with E-state index in [1.54, 1.807) is 31.1 Å². The normalized spacial score (nSPS) is 16.1. The van der Waals surface area contributed by atoms with E-state index < -0.39 is 18.0 Å². The van der Waals surface area contributed by atoms with Crippen LogP contribution in [0, 0.1) is 0 Å². The Morgan fingerprint density at radius 1 is 0.971 bits per heavy atom. The summed E-state index contributed by atoms with van der Waals surface area (Å²) in [5.74, 6) is -0.938. The maximum absolute atomic E-state index is 13.9. The van der Waals surface area contributed by atoms with Crippen molar-refractivity contribution in [2.75, 3.05) is 20.3 Å². The van der Waals surface area contributed by atoms with Gasteiger partial charge in [-0.05, 0) is 35.7 Å². The third-order valence-electron chi connectivity index (χ3n) is 6.26. The molecule has 0 aromatic heterocycles. The van der Waals surface area contributed by atoms with Crippen molar-refractivity contribution in [3.05, 3.63) is 118 Å². The van der Waals surface area contributed by atoms with E-state index in [0.717, 1.165) is 16.7 Å². The first kappa shape index (κ1) is 24.7. The molecule has 0 saturated heterocycles. The van der Waals surface area contributed by atoms with Gasteiger partial charge in [0.05, 0.1) is 12.2 Å². The fraction of sp³-hybridized carbons (Fsp3) is 0.241. The van der Waals surface area contributed by atoms with Crippen molar-refractivity contribution in [1.29, 1.82) is 0 Å². The molecule has 0 aliphatic carbocycles. The molecule has 1 aliphatic heterocycles. The van der Waals surface area contributed by atoms with E-state index in [1.807, 2.05) is 72.8 Å². The maximum Gasteiger partial charge on any atom is 0.337 e. The van der Waals surface area contributed by atoms with Crippen molar-refractivity contribution >= 4 is 23.5 Å². The lowest BCUT2D eigenvalue weighted by Crippen LogP contribution is -2.40. The molecule has 1 unspecified atom stereocenters. The summed E-state index contributed by atoms with van der Waals surface area (Å²) in [6.07, 6.45) is -0.421. The lowest BCUT2D eigenvalue weighted by molar-refractivity contribution is -0.144. The molecule has 0 radical (unpaired) electrons. The molecule has 0 spiro atoms. The zero-order valence-electron chi connectivity index (χ0n) is 19.8. The Kier molecular flexibility index (Phi) is 8.01. The van der Waals surface area contributed by atoms with Crippen LogP contribution in [-0.4, -0.2) is 37.0 Å². The highest BCUT2D eigenvalue weighted by Crippen LogP contribution is 2.39. The van der Waals surface area contributed by atoms with E-state index in [4.69, 9.17) is 21.1 Å². The quantitative estimate of drug-likeness (QED) is 0.369. The average Bonchev–Trinajstić information content (AvgIpc) is 2.88. The molecule has 3 aromatic carbocycles. The molecule has 1 atom stereocenters. The van der Waals surface area contributed by atoms with Gasteiger partial charge in [-0.15, -0.1) is 0 Å². The number of amides is 1. The van der Waals surface area contributed by atoms with Gasteiger partial charge in [0.2, 0.25) is 5.91 Å². The van der Waals surface area contributed by atoms with E-state index in [2.05, 4.69) is 0 Å². The van der Waals surface area contributed by atoms with Crippen LogP contribution in [0.2, 0.25) is 5.02 Å². The average molecular weight is 490 g/mol. The molecular formula is C29H28ClNO4. The van der Waals surface area contributed by atoms with Gasteiger partial charge in [-0.2, -0.15) is 0 Å². The SMILES string of the molecule is COCCN1C(=O)CC(c2ccc(Cl)cc2)C(C(=O)OC(c2ccccc2)c2ccccc2)=C1C. The monoisotopic (exact) mass is 489 g/mol. The maximum atomic E-state index is 13.9. The standard InChI is InChI=1S/C29H28ClNO4/c1-20-27(25(21-13-15-24(30)16-14-21)19-26(32)31(20)17-18-34-2)29(33)35-28(22-9-5-3-6-10-22)23-11-7-4-8-12-23/h3-16,25,28H,17-19H2,1-2H3. The van der Waals surface area contributed by atoms with Gasteiger partial charge in [0, 0.05) is 36.7 Å². The summed E-state index contributed by atoms with van der Waals surface area (Å²) >= 11 is 6.10. The van der Waals surface area contributed by atoms with E-state index >= 15 is 0 Å². The first-order valence-electron chi connectivity index (χ1n) is 11.6. The minimum Gasteiger partial charge on any atom is -0.449 e. The van der Waals surface area contributed by atoms with Gasteiger partial charge in [0.1, 0.15) is 0 Å². The number of benzene rings is 3. The van der Waals surface area contributed by atoms with Crippen LogP contribution in [0.15, 0.2) is 96.2 Å². The van der Waals surface area contributed by atoms with Crippen LogP contribution < -0.4 is 0 Å². The first-order valence-corrected chi connectivity index (χ1v) is 11.9. The largest absolute Gasteiger partial charge is 0.449 e. The second-order valence-electron chi connectivity index (χ2n) is 8.45. The number of carbonyl (C=O) groups excluding carboxylic acids is 2. The van der Waals surface area contributed by atoms with Gasteiger partial charge in [0.25, 0.3) is 0 Å². The topological polar surface area (TPSA) is 55.8 Å². The van der Waals surface area contributed by atoms with Crippen molar-refractivity contribution in [3.8, 4) is 0 Å². The van der Waals surface area contributed by atoms with E-state index in [0.29, 0.717) is 29.4 Å². The van der Waals surface area contributed by atoms with Crippen molar-refractivity contribution < 1.29 is 19.1 Å². The number of allylic oxidation sites excluding steroid dienone is 1. The second kappa shape index (κ2) is 11.3. The minimum atomic E-state index is -0.582. The highest BCUT2D eigenvalue weighted by molar-refractivity contribution is 6.30. The van der Waals surface area contributed by atoms with Gasteiger partial charge >= 0.3 is 5.97 Å². The number of ether oxygens (including phenoxy) is 2. The first-order chi connectivity index (χ1) is 17.0. The number of halogens is 1. The van der Waals surface area contributed by atoms with Gasteiger partial charge in [-0.1, -0.05) is 84.4 Å². The number of hydrogen-bond acceptors (Lipinski definition) is 4. The number of carbonyl (C=O) groups is 2. The molecule has 1 aliphatic rings. The van der Waals surface area contributed by atoms with E-state index in [1.165, 1.54) is 0 Å². The van der Waals surface area contributed by atoms with Crippen LogP contribution in [0.25, 0.3) is 0 Å². The molecule has 1 heterocycles.